The number of amides is 1. The smallest absolute Gasteiger partial charge is 0.251 e. The summed E-state index contributed by atoms with van der Waals surface area (Å²) < 4.78 is 0. The van der Waals surface area contributed by atoms with Crippen LogP contribution in [0, 0.1) is 6.92 Å². The SMILES string of the molecule is Cc1cnccc1-c1ccc(C(=O)NC(C)c2ccc3ccccc3c2)cc1. The molecule has 1 atom stereocenters. The number of nitrogens with one attached hydrogen (secondary N) is 1. The fourth-order valence-corrected chi connectivity index (χ4v) is 3.44. The van der Waals surface area contributed by atoms with Crippen molar-refractivity contribution in [3.8, 4) is 11.1 Å². The van der Waals surface area contributed by atoms with Crippen molar-refractivity contribution in [2.24, 2.45) is 0 Å². The molecule has 0 aliphatic heterocycles. The lowest BCUT2D eigenvalue weighted by atomic mass is 10.0. The van der Waals surface area contributed by atoms with Gasteiger partial charge in [-0.25, -0.2) is 0 Å². The van der Waals surface area contributed by atoms with Crippen molar-refractivity contribution >= 4 is 16.7 Å². The molecule has 1 heterocycles. The Morgan fingerprint density at radius 2 is 1.68 bits per heavy atom. The van der Waals surface area contributed by atoms with Gasteiger partial charge in [0.15, 0.2) is 0 Å². The molecule has 0 radical (unpaired) electrons. The molecule has 4 aromatic rings. The number of rotatable bonds is 4. The minimum absolute atomic E-state index is 0.0702. The monoisotopic (exact) mass is 366 g/mol. The van der Waals surface area contributed by atoms with Crippen LogP contribution in [0.1, 0.15) is 34.5 Å². The highest BCUT2D eigenvalue weighted by Crippen LogP contribution is 2.23. The van der Waals surface area contributed by atoms with Crippen LogP contribution in [0.15, 0.2) is 85.2 Å². The molecule has 138 valence electrons. The van der Waals surface area contributed by atoms with Crippen LogP contribution in [0.25, 0.3) is 21.9 Å². The van der Waals surface area contributed by atoms with Crippen molar-refractivity contribution in [1.82, 2.24) is 10.3 Å². The quantitative estimate of drug-likeness (QED) is 0.503. The molecule has 28 heavy (non-hydrogen) atoms. The highest BCUT2D eigenvalue weighted by Gasteiger charge is 2.12. The second-order valence-electron chi connectivity index (χ2n) is 7.07. The van der Waals surface area contributed by atoms with Crippen molar-refractivity contribution in [3.63, 3.8) is 0 Å². The van der Waals surface area contributed by atoms with Crippen molar-refractivity contribution in [2.75, 3.05) is 0 Å². The normalized spacial score (nSPS) is 11.9. The minimum Gasteiger partial charge on any atom is -0.346 e. The van der Waals surface area contributed by atoms with Gasteiger partial charge >= 0.3 is 0 Å². The van der Waals surface area contributed by atoms with Crippen LogP contribution < -0.4 is 5.32 Å². The number of carbonyl (C=O) groups excluding carboxylic acids is 1. The molecule has 3 nitrogen and oxygen atoms in total. The van der Waals surface area contributed by atoms with Crippen LogP contribution in [0.4, 0.5) is 0 Å². The van der Waals surface area contributed by atoms with Gasteiger partial charge in [0.1, 0.15) is 0 Å². The van der Waals surface area contributed by atoms with E-state index in [4.69, 9.17) is 0 Å². The lowest BCUT2D eigenvalue weighted by molar-refractivity contribution is 0.0940. The summed E-state index contributed by atoms with van der Waals surface area (Å²) in [5, 5.41) is 5.48. The van der Waals surface area contributed by atoms with Gasteiger partial charge in [0.2, 0.25) is 0 Å². The van der Waals surface area contributed by atoms with Gasteiger partial charge in [-0.05, 0) is 71.1 Å². The molecule has 0 saturated carbocycles. The van der Waals surface area contributed by atoms with Gasteiger partial charge in [0, 0.05) is 18.0 Å². The van der Waals surface area contributed by atoms with E-state index in [0.717, 1.165) is 22.3 Å². The van der Waals surface area contributed by atoms with E-state index < -0.39 is 0 Å². The van der Waals surface area contributed by atoms with E-state index in [1.807, 2.05) is 62.5 Å². The predicted molar refractivity (Wildman–Crippen MR) is 114 cm³/mol. The lowest BCUT2D eigenvalue weighted by Crippen LogP contribution is -2.26. The fraction of sp³-hybridized carbons (Fsp3) is 0.120. The molecule has 3 aromatic carbocycles. The average molecular weight is 366 g/mol. The second kappa shape index (κ2) is 7.65. The third-order valence-corrected chi connectivity index (χ3v) is 5.10. The highest BCUT2D eigenvalue weighted by atomic mass is 16.1. The summed E-state index contributed by atoms with van der Waals surface area (Å²) in [5.41, 5.74) is 5.08. The maximum Gasteiger partial charge on any atom is 0.251 e. The number of pyridine rings is 1. The molecule has 0 bridgehead atoms. The van der Waals surface area contributed by atoms with Crippen molar-refractivity contribution in [2.45, 2.75) is 19.9 Å². The first-order chi connectivity index (χ1) is 13.6. The van der Waals surface area contributed by atoms with Crippen LogP contribution in [0.2, 0.25) is 0 Å². The van der Waals surface area contributed by atoms with Gasteiger partial charge in [0.05, 0.1) is 6.04 Å². The number of aryl methyl sites for hydroxylation is 1. The summed E-state index contributed by atoms with van der Waals surface area (Å²) in [6, 6.07) is 24.2. The Morgan fingerprint density at radius 3 is 2.43 bits per heavy atom. The molecule has 0 saturated heterocycles. The molecule has 1 aromatic heterocycles. The van der Waals surface area contributed by atoms with Crippen molar-refractivity contribution in [3.05, 3.63) is 102 Å². The highest BCUT2D eigenvalue weighted by molar-refractivity contribution is 5.95. The van der Waals surface area contributed by atoms with Gasteiger partial charge in [0.25, 0.3) is 5.91 Å². The van der Waals surface area contributed by atoms with E-state index in [9.17, 15) is 4.79 Å². The molecule has 3 heteroatoms. The zero-order valence-corrected chi connectivity index (χ0v) is 16.0. The summed E-state index contributed by atoms with van der Waals surface area (Å²) >= 11 is 0. The lowest BCUT2D eigenvalue weighted by Gasteiger charge is -2.15. The third-order valence-electron chi connectivity index (χ3n) is 5.10. The predicted octanol–water partition coefficient (Wildman–Crippen LogP) is 5.70. The number of hydrogen-bond donors (Lipinski definition) is 1. The molecule has 4 rings (SSSR count). The fourth-order valence-electron chi connectivity index (χ4n) is 3.44. The van der Waals surface area contributed by atoms with Gasteiger partial charge in [-0.2, -0.15) is 0 Å². The molecule has 0 spiro atoms. The Balaban J connectivity index is 1.50. The largest absolute Gasteiger partial charge is 0.346 e. The van der Waals surface area contributed by atoms with Crippen molar-refractivity contribution < 1.29 is 4.79 Å². The van der Waals surface area contributed by atoms with Crippen LogP contribution in [0.5, 0.6) is 0 Å². The summed E-state index contributed by atoms with van der Waals surface area (Å²) in [6.07, 6.45) is 3.63. The molecule has 1 N–H and O–H groups in total. The molecule has 1 amide bonds. The molecule has 1 unspecified atom stereocenters. The van der Waals surface area contributed by atoms with Gasteiger partial charge in [-0.15, -0.1) is 0 Å². The first-order valence-electron chi connectivity index (χ1n) is 9.42. The standard InChI is InChI=1S/C25H22N2O/c1-17-16-26-14-13-24(17)20-8-10-21(11-9-20)25(28)27-18(2)22-12-7-19-5-3-4-6-23(19)15-22/h3-16,18H,1-2H3,(H,27,28). The van der Waals surface area contributed by atoms with E-state index in [1.165, 1.54) is 10.8 Å². The van der Waals surface area contributed by atoms with Crippen LogP contribution in [-0.4, -0.2) is 10.9 Å². The van der Waals surface area contributed by atoms with E-state index in [2.05, 4.69) is 40.6 Å². The summed E-state index contributed by atoms with van der Waals surface area (Å²) in [6.45, 7) is 4.05. The Morgan fingerprint density at radius 1 is 0.929 bits per heavy atom. The zero-order valence-electron chi connectivity index (χ0n) is 16.0. The summed E-state index contributed by atoms with van der Waals surface area (Å²) in [5.74, 6) is -0.0707. The van der Waals surface area contributed by atoms with Gasteiger partial charge in [-0.3, -0.25) is 9.78 Å². The minimum atomic E-state index is -0.0707. The second-order valence-corrected chi connectivity index (χ2v) is 7.07. The van der Waals surface area contributed by atoms with Gasteiger partial charge in [-0.1, -0.05) is 48.5 Å². The maximum atomic E-state index is 12.7. The molecule has 0 fully saturated rings. The van der Waals surface area contributed by atoms with Crippen LogP contribution >= 0.6 is 0 Å². The first-order valence-corrected chi connectivity index (χ1v) is 9.42. The maximum absolute atomic E-state index is 12.7. The Labute approximate surface area is 165 Å². The molecular formula is C25H22N2O. The number of benzene rings is 3. The molecular weight excluding hydrogens is 344 g/mol. The van der Waals surface area contributed by atoms with Crippen LogP contribution in [-0.2, 0) is 0 Å². The van der Waals surface area contributed by atoms with Crippen molar-refractivity contribution in [1.29, 1.82) is 0 Å². The number of carbonyl (C=O) groups is 1. The number of aromatic nitrogens is 1. The van der Waals surface area contributed by atoms with Crippen LogP contribution in [0.3, 0.4) is 0 Å². The average Bonchev–Trinajstić information content (AvgIpc) is 2.74. The van der Waals surface area contributed by atoms with Gasteiger partial charge < -0.3 is 5.32 Å². The number of fused-ring (bicyclic) bond motifs is 1. The Bertz CT molecular complexity index is 1130. The van der Waals surface area contributed by atoms with E-state index in [-0.39, 0.29) is 11.9 Å². The molecule has 0 aliphatic rings. The number of nitrogens with zero attached hydrogens (tertiary/aromatic N) is 1. The zero-order chi connectivity index (χ0) is 19.5. The Hall–Kier alpha value is -3.46. The topological polar surface area (TPSA) is 42.0 Å². The summed E-state index contributed by atoms with van der Waals surface area (Å²) in [4.78, 5) is 16.8. The Kier molecular flexibility index (Phi) is 4.90. The third kappa shape index (κ3) is 3.65. The molecule has 0 aliphatic carbocycles. The van der Waals surface area contributed by atoms with E-state index in [1.54, 1.807) is 6.20 Å². The summed E-state index contributed by atoms with van der Waals surface area (Å²) in [7, 11) is 0. The number of hydrogen-bond acceptors (Lipinski definition) is 2. The van der Waals surface area contributed by atoms with E-state index in [0.29, 0.717) is 5.56 Å². The first kappa shape index (κ1) is 17.9. The van der Waals surface area contributed by atoms with E-state index >= 15 is 0 Å².